The van der Waals surface area contributed by atoms with Crippen molar-refractivity contribution >= 4 is 28.4 Å². The summed E-state index contributed by atoms with van der Waals surface area (Å²) in [5, 5.41) is 5.60. The fourth-order valence-corrected chi connectivity index (χ4v) is 1.92. The number of nitrogens with zero attached hydrogens (tertiary/aromatic N) is 1. The predicted octanol–water partition coefficient (Wildman–Crippen LogP) is 2.48. The molecule has 0 bridgehead atoms. The van der Waals surface area contributed by atoms with Crippen molar-refractivity contribution in [3.63, 3.8) is 0 Å². The van der Waals surface area contributed by atoms with Gasteiger partial charge in [0.2, 0.25) is 0 Å². The standard InChI is InChI=1S/C12H8Cl2N2O3/c1-19-10-3-2-6(4-8(10)13)9-5-7(11(14)17)12(18)16-15-9/h2-5H,1H3,(H,16,18). The SMILES string of the molecule is COc1ccc(-c2cc(C(=O)Cl)c(=O)[nH]n2)cc1Cl. The Morgan fingerprint density at radius 2 is 2.11 bits per heavy atom. The molecule has 1 aromatic heterocycles. The average Bonchev–Trinajstić information content (AvgIpc) is 2.38. The largest absolute Gasteiger partial charge is 0.495 e. The van der Waals surface area contributed by atoms with Crippen LogP contribution < -0.4 is 10.3 Å². The third-order valence-corrected chi connectivity index (χ3v) is 2.96. The number of aromatic nitrogens is 2. The van der Waals surface area contributed by atoms with Crippen LogP contribution in [0.2, 0.25) is 5.02 Å². The van der Waals surface area contributed by atoms with Crippen LogP contribution >= 0.6 is 23.2 Å². The second-order valence-corrected chi connectivity index (χ2v) is 4.37. The van der Waals surface area contributed by atoms with Crippen LogP contribution in [-0.2, 0) is 0 Å². The second-order valence-electron chi connectivity index (χ2n) is 3.62. The third-order valence-electron chi connectivity index (χ3n) is 2.46. The van der Waals surface area contributed by atoms with Gasteiger partial charge in [-0.2, -0.15) is 5.10 Å². The number of carbonyl (C=O) groups excluding carboxylic acids is 1. The van der Waals surface area contributed by atoms with Crippen LogP contribution in [0.5, 0.6) is 5.75 Å². The normalized spacial score (nSPS) is 10.3. The first-order valence-electron chi connectivity index (χ1n) is 5.16. The van der Waals surface area contributed by atoms with Crippen molar-refractivity contribution in [1.29, 1.82) is 0 Å². The summed E-state index contributed by atoms with van der Waals surface area (Å²) < 4.78 is 5.03. The number of benzene rings is 1. The quantitative estimate of drug-likeness (QED) is 0.884. The molecule has 1 aromatic carbocycles. The monoisotopic (exact) mass is 298 g/mol. The number of H-pyrrole nitrogens is 1. The van der Waals surface area contributed by atoms with Gasteiger partial charge in [0.15, 0.2) is 0 Å². The maximum absolute atomic E-state index is 11.3. The first-order valence-corrected chi connectivity index (χ1v) is 5.92. The van der Waals surface area contributed by atoms with Crippen LogP contribution in [0.1, 0.15) is 10.4 Å². The highest BCUT2D eigenvalue weighted by Crippen LogP contribution is 2.29. The molecule has 0 saturated heterocycles. The van der Waals surface area contributed by atoms with E-state index in [-0.39, 0.29) is 5.56 Å². The number of ether oxygens (including phenoxy) is 1. The molecule has 19 heavy (non-hydrogen) atoms. The van der Waals surface area contributed by atoms with Gasteiger partial charge in [-0.1, -0.05) is 11.6 Å². The van der Waals surface area contributed by atoms with Gasteiger partial charge in [-0.25, -0.2) is 5.10 Å². The van der Waals surface area contributed by atoms with Gasteiger partial charge in [-0.05, 0) is 35.9 Å². The van der Waals surface area contributed by atoms with Crippen LogP contribution in [0.4, 0.5) is 0 Å². The molecule has 0 aliphatic rings. The van der Waals surface area contributed by atoms with Crippen LogP contribution in [0.15, 0.2) is 29.1 Å². The minimum Gasteiger partial charge on any atom is -0.495 e. The maximum atomic E-state index is 11.3. The van der Waals surface area contributed by atoms with E-state index in [1.54, 1.807) is 18.2 Å². The van der Waals surface area contributed by atoms with E-state index in [0.717, 1.165) is 0 Å². The van der Waals surface area contributed by atoms with E-state index in [1.807, 2.05) is 0 Å². The number of methoxy groups -OCH3 is 1. The molecule has 7 heteroatoms. The lowest BCUT2D eigenvalue weighted by Crippen LogP contribution is -2.16. The number of halogens is 2. The van der Waals surface area contributed by atoms with Crippen LogP contribution in [0.3, 0.4) is 0 Å². The van der Waals surface area contributed by atoms with E-state index < -0.39 is 10.8 Å². The Balaban J connectivity index is 2.53. The van der Waals surface area contributed by atoms with Gasteiger partial charge in [-0.3, -0.25) is 9.59 Å². The van der Waals surface area contributed by atoms with Gasteiger partial charge in [0, 0.05) is 5.56 Å². The fraction of sp³-hybridized carbons (Fsp3) is 0.0833. The van der Waals surface area contributed by atoms with Crippen LogP contribution in [-0.4, -0.2) is 22.5 Å². The molecule has 0 atom stereocenters. The Labute approximate surface area is 118 Å². The number of rotatable bonds is 3. The molecule has 98 valence electrons. The Hall–Kier alpha value is -1.85. The van der Waals surface area contributed by atoms with Crippen LogP contribution in [0.25, 0.3) is 11.3 Å². The highest BCUT2D eigenvalue weighted by Gasteiger charge is 2.12. The minimum atomic E-state index is -0.843. The Bertz CT molecular complexity index is 698. The first-order chi connectivity index (χ1) is 9.02. The Morgan fingerprint density at radius 1 is 1.37 bits per heavy atom. The first kappa shape index (κ1) is 13.6. The third kappa shape index (κ3) is 2.77. The summed E-state index contributed by atoms with van der Waals surface area (Å²) in [7, 11) is 1.50. The molecule has 0 unspecified atom stereocenters. The fourth-order valence-electron chi connectivity index (χ4n) is 1.53. The molecule has 0 aliphatic heterocycles. The van der Waals surface area contributed by atoms with E-state index in [0.29, 0.717) is 22.0 Å². The van der Waals surface area contributed by atoms with E-state index in [2.05, 4.69) is 10.2 Å². The van der Waals surface area contributed by atoms with E-state index in [1.165, 1.54) is 13.2 Å². The van der Waals surface area contributed by atoms with Crippen molar-refractivity contribution in [1.82, 2.24) is 10.2 Å². The number of hydrogen-bond donors (Lipinski definition) is 1. The van der Waals surface area contributed by atoms with Gasteiger partial charge in [0.1, 0.15) is 11.3 Å². The van der Waals surface area contributed by atoms with E-state index in [9.17, 15) is 9.59 Å². The van der Waals surface area contributed by atoms with Crippen molar-refractivity contribution < 1.29 is 9.53 Å². The molecule has 0 aliphatic carbocycles. The van der Waals surface area contributed by atoms with Crippen molar-refractivity contribution in [2.75, 3.05) is 7.11 Å². The molecular weight excluding hydrogens is 291 g/mol. The summed E-state index contributed by atoms with van der Waals surface area (Å²) >= 11 is 11.3. The smallest absolute Gasteiger partial charge is 0.276 e. The van der Waals surface area contributed by atoms with Gasteiger partial charge in [-0.15, -0.1) is 0 Å². The number of nitrogens with one attached hydrogen (secondary N) is 1. The van der Waals surface area contributed by atoms with Gasteiger partial charge in [0.05, 0.1) is 17.8 Å². The summed E-state index contributed by atoms with van der Waals surface area (Å²) in [5.74, 6) is 0.517. The minimum absolute atomic E-state index is 0.168. The molecule has 0 amide bonds. The van der Waals surface area contributed by atoms with Crippen molar-refractivity contribution in [3.8, 4) is 17.0 Å². The maximum Gasteiger partial charge on any atom is 0.276 e. The number of aromatic amines is 1. The molecule has 5 nitrogen and oxygen atoms in total. The van der Waals surface area contributed by atoms with Gasteiger partial charge in [0.25, 0.3) is 10.8 Å². The molecule has 1 heterocycles. The number of hydrogen-bond acceptors (Lipinski definition) is 4. The molecule has 0 fully saturated rings. The lowest BCUT2D eigenvalue weighted by Gasteiger charge is -2.05. The summed E-state index contributed by atoms with van der Waals surface area (Å²) in [6, 6.07) is 6.29. The second kappa shape index (κ2) is 5.42. The topological polar surface area (TPSA) is 72.1 Å². The molecular formula is C12H8Cl2N2O3. The molecule has 0 radical (unpaired) electrons. The van der Waals surface area contributed by atoms with Crippen LogP contribution in [0, 0.1) is 0 Å². The van der Waals surface area contributed by atoms with E-state index >= 15 is 0 Å². The summed E-state index contributed by atoms with van der Waals surface area (Å²) in [5.41, 5.74) is 0.205. The number of carbonyl (C=O) groups is 1. The molecule has 2 rings (SSSR count). The lowest BCUT2D eigenvalue weighted by molar-refractivity contribution is 0.108. The van der Waals surface area contributed by atoms with Crippen molar-refractivity contribution in [2.45, 2.75) is 0 Å². The summed E-state index contributed by atoms with van der Waals surface area (Å²) in [6.07, 6.45) is 0. The Kier molecular flexibility index (Phi) is 3.87. The van der Waals surface area contributed by atoms with Crippen molar-refractivity contribution in [3.05, 3.63) is 45.2 Å². The predicted molar refractivity (Wildman–Crippen MR) is 72.0 cm³/mol. The van der Waals surface area contributed by atoms with Crippen molar-refractivity contribution in [2.24, 2.45) is 0 Å². The highest BCUT2D eigenvalue weighted by molar-refractivity contribution is 6.67. The lowest BCUT2D eigenvalue weighted by atomic mass is 10.1. The van der Waals surface area contributed by atoms with Gasteiger partial charge < -0.3 is 4.74 Å². The Morgan fingerprint density at radius 3 is 2.68 bits per heavy atom. The molecule has 0 spiro atoms. The zero-order valence-corrected chi connectivity index (χ0v) is 11.2. The van der Waals surface area contributed by atoms with E-state index in [4.69, 9.17) is 27.9 Å². The van der Waals surface area contributed by atoms with Gasteiger partial charge >= 0.3 is 0 Å². The summed E-state index contributed by atoms with van der Waals surface area (Å²) in [4.78, 5) is 22.4. The zero-order valence-electron chi connectivity index (χ0n) is 9.74. The molecule has 0 saturated carbocycles. The average molecular weight is 299 g/mol. The molecule has 1 N–H and O–H groups in total. The molecule has 2 aromatic rings. The zero-order chi connectivity index (χ0) is 14.0. The summed E-state index contributed by atoms with van der Waals surface area (Å²) in [6.45, 7) is 0. The highest BCUT2D eigenvalue weighted by atomic mass is 35.5.